The van der Waals surface area contributed by atoms with E-state index in [-0.39, 0.29) is 5.97 Å². The van der Waals surface area contributed by atoms with Crippen molar-refractivity contribution in [1.82, 2.24) is 0 Å². The molecule has 0 unspecified atom stereocenters. The van der Waals surface area contributed by atoms with Crippen LogP contribution in [0.15, 0.2) is 12.7 Å². The van der Waals surface area contributed by atoms with Gasteiger partial charge in [0.25, 0.3) is 0 Å². The van der Waals surface area contributed by atoms with Gasteiger partial charge in [0, 0.05) is 6.08 Å². The summed E-state index contributed by atoms with van der Waals surface area (Å²) in [6, 6.07) is 0.835. The van der Waals surface area contributed by atoms with E-state index in [1.807, 2.05) is 6.55 Å². The quantitative estimate of drug-likeness (QED) is 0.235. The van der Waals surface area contributed by atoms with Crippen LogP contribution in [0.2, 0.25) is 12.6 Å². The zero-order valence-electron chi connectivity index (χ0n) is 7.69. The van der Waals surface area contributed by atoms with E-state index in [9.17, 15) is 4.79 Å². The Balaban J connectivity index is 3.27. The van der Waals surface area contributed by atoms with E-state index < -0.39 is 6.69 Å². The van der Waals surface area contributed by atoms with Gasteiger partial charge in [-0.3, -0.25) is 0 Å². The molecule has 0 spiro atoms. The number of ether oxygens (including phenoxy) is 1. The third kappa shape index (κ3) is 9.92. The van der Waals surface area contributed by atoms with Crippen LogP contribution in [0.4, 0.5) is 0 Å². The minimum atomic E-state index is -1.96. The van der Waals surface area contributed by atoms with Gasteiger partial charge >= 0.3 is 5.97 Å². The number of esters is 1. The molecule has 0 fully saturated rings. The zero-order valence-corrected chi connectivity index (χ0v) is 10.2. The second kappa shape index (κ2) is 6.46. The second-order valence-electron chi connectivity index (χ2n) is 2.90. The monoisotopic (exact) mass is 240 g/mol. The number of halogens is 2. The smallest absolute Gasteiger partial charge is 0.330 e. The molecule has 0 saturated carbocycles. The molecule has 0 radical (unpaired) electrons. The van der Waals surface area contributed by atoms with Crippen molar-refractivity contribution in [3.63, 3.8) is 0 Å². The molecule has 0 aliphatic carbocycles. The average molecular weight is 241 g/mol. The fourth-order valence-corrected chi connectivity index (χ4v) is 2.44. The van der Waals surface area contributed by atoms with Crippen LogP contribution < -0.4 is 0 Å². The summed E-state index contributed by atoms with van der Waals surface area (Å²) in [7, 11) is 0. The van der Waals surface area contributed by atoms with Crippen molar-refractivity contribution in [2.75, 3.05) is 6.61 Å². The summed E-state index contributed by atoms with van der Waals surface area (Å²) in [4.78, 5) is 10.6. The van der Waals surface area contributed by atoms with Gasteiger partial charge in [0.15, 0.2) is 0 Å². The zero-order chi connectivity index (χ0) is 10.3. The molecule has 2 nitrogen and oxygen atoms in total. The first-order valence-corrected chi connectivity index (χ1v) is 8.86. The number of carbonyl (C=O) groups excluding carboxylic acids is 1. The van der Waals surface area contributed by atoms with E-state index >= 15 is 0 Å². The van der Waals surface area contributed by atoms with Crippen molar-refractivity contribution in [3.05, 3.63) is 12.7 Å². The maximum atomic E-state index is 10.6. The maximum absolute atomic E-state index is 10.6. The van der Waals surface area contributed by atoms with Gasteiger partial charge in [0.2, 0.25) is 6.69 Å². The van der Waals surface area contributed by atoms with Gasteiger partial charge in [0.1, 0.15) is 0 Å². The standard InChI is InChI=1S/C8H14Cl2O2Si/c1-3-8(11)12-6-4-5-7-13(2,9)10/h3H,1,4-7H2,2H3. The number of hydrogen-bond donors (Lipinski definition) is 0. The average Bonchev–Trinajstić information content (AvgIpc) is 2.01. The Morgan fingerprint density at radius 3 is 2.62 bits per heavy atom. The highest BCUT2D eigenvalue weighted by atomic mass is 35.7. The van der Waals surface area contributed by atoms with E-state index in [1.54, 1.807) is 0 Å². The van der Waals surface area contributed by atoms with E-state index in [0.29, 0.717) is 6.61 Å². The molecule has 0 saturated heterocycles. The van der Waals surface area contributed by atoms with Crippen LogP contribution in [-0.2, 0) is 9.53 Å². The Labute approximate surface area is 89.3 Å². The van der Waals surface area contributed by atoms with Crippen molar-refractivity contribution < 1.29 is 9.53 Å². The topological polar surface area (TPSA) is 26.3 Å². The van der Waals surface area contributed by atoms with Crippen LogP contribution in [0.5, 0.6) is 0 Å². The van der Waals surface area contributed by atoms with Crippen molar-refractivity contribution >= 4 is 34.8 Å². The molecule has 0 heterocycles. The molecule has 5 heteroatoms. The molecule has 0 aromatic rings. The second-order valence-corrected chi connectivity index (χ2v) is 11.1. The van der Waals surface area contributed by atoms with Crippen LogP contribution >= 0.6 is 22.2 Å². The van der Waals surface area contributed by atoms with Gasteiger partial charge in [-0.05, 0) is 19.0 Å². The third-order valence-electron chi connectivity index (χ3n) is 1.42. The lowest BCUT2D eigenvalue weighted by molar-refractivity contribution is -0.137. The molecule has 0 rings (SSSR count). The third-order valence-corrected chi connectivity index (χ3v) is 3.79. The lowest BCUT2D eigenvalue weighted by Crippen LogP contribution is -2.12. The summed E-state index contributed by atoms with van der Waals surface area (Å²) < 4.78 is 4.78. The van der Waals surface area contributed by atoms with Gasteiger partial charge in [-0.1, -0.05) is 13.0 Å². The maximum Gasteiger partial charge on any atom is 0.330 e. The molecule has 76 valence electrons. The predicted octanol–water partition coefficient (Wildman–Crippen LogP) is 3.05. The molecule has 0 bridgehead atoms. The van der Waals surface area contributed by atoms with Gasteiger partial charge in [-0.25, -0.2) is 4.79 Å². The van der Waals surface area contributed by atoms with Crippen molar-refractivity contribution in [3.8, 4) is 0 Å². The molecule has 0 atom stereocenters. The van der Waals surface area contributed by atoms with Crippen molar-refractivity contribution in [2.45, 2.75) is 25.4 Å². The number of unbranched alkanes of at least 4 members (excludes halogenated alkanes) is 1. The van der Waals surface area contributed by atoms with Crippen molar-refractivity contribution in [2.24, 2.45) is 0 Å². The van der Waals surface area contributed by atoms with Crippen LogP contribution in [0.3, 0.4) is 0 Å². The van der Waals surface area contributed by atoms with E-state index in [4.69, 9.17) is 26.9 Å². The molecule has 0 aliphatic rings. The fraction of sp³-hybridized carbons (Fsp3) is 0.625. The number of carbonyl (C=O) groups is 1. The molecule has 0 amide bonds. The Hall–Kier alpha value is 0.00688. The summed E-state index contributed by atoms with van der Waals surface area (Å²) >= 11 is 11.8. The van der Waals surface area contributed by atoms with Gasteiger partial charge in [-0.2, -0.15) is 0 Å². The summed E-state index contributed by atoms with van der Waals surface area (Å²) in [5, 5.41) is 0. The molecule has 0 aliphatic heterocycles. The number of rotatable bonds is 6. The van der Waals surface area contributed by atoms with E-state index in [0.717, 1.165) is 25.0 Å². The van der Waals surface area contributed by atoms with Gasteiger partial charge in [0.05, 0.1) is 6.61 Å². The molecule has 13 heavy (non-hydrogen) atoms. The molecule has 0 aromatic heterocycles. The fourth-order valence-electron chi connectivity index (χ4n) is 0.769. The Morgan fingerprint density at radius 1 is 1.54 bits per heavy atom. The first kappa shape index (κ1) is 13.0. The van der Waals surface area contributed by atoms with Crippen LogP contribution in [0.25, 0.3) is 0 Å². The van der Waals surface area contributed by atoms with E-state index in [1.165, 1.54) is 0 Å². The lowest BCUT2D eigenvalue weighted by atomic mass is 10.4. The normalized spacial score (nSPS) is 11.0. The Kier molecular flexibility index (Phi) is 6.46. The highest BCUT2D eigenvalue weighted by Gasteiger charge is 2.19. The van der Waals surface area contributed by atoms with Crippen LogP contribution in [0, 0.1) is 0 Å². The first-order chi connectivity index (χ1) is 5.95. The minimum absolute atomic E-state index is 0.378. The molecular weight excluding hydrogens is 227 g/mol. The van der Waals surface area contributed by atoms with Gasteiger partial charge in [-0.15, -0.1) is 22.2 Å². The SMILES string of the molecule is C=CC(=O)OCCCC[Si](C)(Cl)Cl. The summed E-state index contributed by atoms with van der Waals surface area (Å²) in [5.74, 6) is -0.378. The van der Waals surface area contributed by atoms with Gasteiger partial charge < -0.3 is 4.74 Å². The summed E-state index contributed by atoms with van der Waals surface area (Å²) in [6.45, 7) is 3.63. The van der Waals surface area contributed by atoms with Crippen LogP contribution in [0.1, 0.15) is 12.8 Å². The summed E-state index contributed by atoms with van der Waals surface area (Å²) in [6.07, 6.45) is 2.86. The molecular formula is C8H14Cl2O2Si. The first-order valence-electron chi connectivity index (χ1n) is 4.13. The largest absolute Gasteiger partial charge is 0.463 e. The van der Waals surface area contributed by atoms with E-state index in [2.05, 4.69) is 6.58 Å². The molecule has 0 aromatic carbocycles. The Bertz CT molecular complexity index is 177. The lowest BCUT2D eigenvalue weighted by Gasteiger charge is -2.08. The molecule has 0 N–H and O–H groups in total. The highest BCUT2D eigenvalue weighted by molar-refractivity contribution is 7.44. The minimum Gasteiger partial charge on any atom is -0.463 e. The van der Waals surface area contributed by atoms with Crippen LogP contribution in [-0.4, -0.2) is 19.3 Å². The Morgan fingerprint density at radius 2 is 2.15 bits per heavy atom. The number of hydrogen-bond acceptors (Lipinski definition) is 2. The van der Waals surface area contributed by atoms with Crippen molar-refractivity contribution in [1.29, 1.82) is 0 Å². The summed E-state index contributed by atoms with van der Waals surface area (Å²) in [5.41, 5.74) is 0. The predicted molar refractivity (Wildman–Crippen MR) is 58.5 cm³/mol. The highest BCUT2D eigenvalue weighted by Crippen LogP contribution is 2.22.